The Morgan fingerprint density at radius 2 is 1.23 bits per heavy atom. The molecule has 3 aromatic rings. The van der Waals surface area contributed by atoms with Crippen LogP contribution in [-0.2, 0) is 12.8 Å². The zero-order chi connectivity index (χ0) is 27.7. The van der Waals surface area contributed by atoms with E-state index in [1.165, 1.54) is 82.3 Å². The highest BCUT2D eigenvalue weighted by Gasteiger charge is 2.13. The number of carbonyl (C=O) groups is 1. The molecule has 0 N–H and O–H groups in total. The molecular formula is C34H45FN2O2. The second-order valence-electron chi connectivity index (χ2n) is 10.5. The quantitative estimate of drug-likeness (QED) is 0.0929. The Bertz CT molecular complexity index is 1110. The highest BCUT2D eigenvalue weighted by Crippen LogP contribution is 2.25. The summed E-state index contributed by atoms with van der Waals surface area (Å²) in [7, 11) is 0. The van der Waals surface area contributed by atoms with E-state index in [0.29, 0.717) is 11.4 Å². The lowest BCUT2D eigenvalue weighted by Crippen LogP contribution is -2.09. The normalized spacial score (nSPS) is 11.1. The van der Waals surface area contributed by atoms with Gasteiger partial charge in [-0.1, -0.05) is 96.6 Å². The molecule has 4 nitrogen and oxygen atoms in total. The van der Waals surface area contributed by atoms with Gasteiger partial charge in [0.25, 0.3) is 0 Å². The topological polar surface area (TPSA) is 52.1 Å². The Labute approximate surface area is 234 Å². The van der Waals surface area contributed by atoms with Crippen molar-refractivity contribution in [2.75, 3.05) is 0 Å². The predicted octanol–water partition coefficient (Wildman–Crippen LogP) is 9.70. The van der Waals surface area contributed by atoms with Gasteiger partial charge in [-0.05, 0) is 61.1 Å². The van der Waals surface area contributed by atoms with Crippen molar-refractivity contribution in [3.63, 3.8) is 0 Å². The van der Waals surface area contributed by atoms with Crippen LogP contribution >= 0.6 is 0 Å². The van der Waals surface area contributed by atoms with Gasteiger partial charge >= 0.3 is 5.97 Å². The van der Waals surface area contributed by atoms with Crippen molar-refractivity contribution < 1.29 is 13.9 Å². The summed E-state index contributed by atoms with van der Waals surface area (Å²) in [5.74, 6) is -0.532. The van der Waals surface area contributed by atoms with Crippen LogP contribution in [0.15, 0.2) is 54.9 Å². The van der Waals surface area contributed by atoms with Crippen LogP contribution in [0.25, 0.3) is 11.4 Å². The van der Waals surface area contributed by atoms with Gasteiger partial charge in [-0.15, -0.1) is 0 Å². The third kappa shape index (κ3) is 10.9. The van der Waals surface area contributed by atoms with E-state index in [1.807, 2.05) is 12.1 Å². The zero-order valence-corrected chi connectivity index (χ0v) is 23.9. The number of halogens is 1. The van der Waals surface area contributed by atoms with E-state index in [1.54, 1.807) is 36.7 Å². The Hall–Kier alpha value is -3.08. The number of rotatable bonds is 18. The van der Waals surface area contributed by atoms with Crippen molar-refractivity contribution in [2.24, 2.45) is 0 Å². The first-order chi connectivity index (χ1) is 19.1. The van der Waals surface area contributed by atoms with Gasteiger partial charge in [0.05, 0.1) is 11.1 Å². The number of hydrogen-bond acceptors (Lipinski definition) is 4. The minimum Gasteiger partial charge on any atom is -0.423 e. The summed E-state index contributed by atoms with van der Waals surface area (Å²) in [6.45, 7) is 4.46. The molecule has 0 amide bonds. The fourth-order valence-electron chi connectivity index (χ4n) is 4.73. The number of aromatic nitrogens is 2. The Kier molecular flexibility index (Phi) is 13.7. The minimum atomic E-state index is -0.519. The highest BCUT2D eigenvalue weighted by molar-refractivity contribution is 5.91. The van der Waals surface area contributed by atoms with E-state index < -0.39 is 11.8 Å². The molecule has 0 unspecified atom stereocenters. The van der Waals surface area contributed by atoms with Crippen LogP contribution in [0.5, 0.6) is 5.75 Å². The number of unbranched alkanes of at least 4 members (excludes halogenated alkanes) is 11. The summed E-state index contributed by atoms with van der Waals surface area (Å²) >= 11 is 0. The average molecular weight is 533 g/mol. The first kappa shape index (κ1) is 30.5. The number of ether oxygens (including phenoxy) is 1. The van der Waals surface area contributed by atoms with Crippen LogP contribution in [0.4, 0.5) is 4.39 Å². The van der Waals surface area contributed by atoms with Crippen molar-refractivity contribution >= 4 is 5.97 Å². The zero-order valence-electron chi connectivity index (χ0n) is 23.9. The third-order valence-corrected chi connectivity index (χ3v) is 7.17. The smallest absolute Gasteiger partial charge is 0.343 e. The summed E-state index contributed by atoms with van der Waals surface area (Å²) in [5.41, 5.74) is 3.02. The van der Waals surface area contributed by atoms with Crippen LogP contribution in [0.3, 0.4) is 0 Å². The van der Waals surface area contributed by atoms with Crippen molar-refractivity contribution in [2.45, 2.75) is 110 Å². The van der Waals surface area contributed by atoms with Gasteiger partial charge in [-0.2, -0.15) is 0 Å². The molecule has 0 aliphatic heterocycles. The second-order valence-corrected chi connectivity index (χ2v) is 10.5. The summed E-state index contributed by atoms with van der Waals surface area (Å²) < 4.78 is 20.3. The van der Waals surface area contributed by atoms with Gasteiger partial charge in [0.2, 0.25) is 0 Å². The van der Waals surface area contributed by atoms with Gasteiger partial charge in [0.15, 0.2) is 5.82 Å². The molecule has 0 spiro atoms. The summed E-state index contributed by atoms with van der Waals surface area (Å²) in [6, 6.07) is 11.9. The molecule has 3 rings (SSSR count). The van der Waals surface area contributed by atoms with Crippen molar-refractivity contribution in [3.05, 3.63) is 77.4 Å². The van der Waals surface area contributed by atoms with E-state index in [0.717, 1.165) is 31.2 Å². The van der Waals surface area contributed by atoms with Crippen molar-refractivity contribution in [1.29, 1.82) is 0 Å². The Balaban J connectivity index is 1.46. The van der Waals surface area contributed by atoms with Crippen molar-refractivity contribution in [3.8, 4) is 17.1 Å². The number of aryl methyl sites for hydroxylation is 2. The third-order valence-electron chi connectivity index (χ3n) is 7.17. The summed E-state index contributed by atoms with van der Waals surface area (Å²) in [6.07, 6.45) is 21.9. The maximum Gasteiger partial charge on any atom is 0.343 e. The van der Waals surface area contributed by atoms with Crippen LogP contribution in [0.1, 0.15) is 119 Å². The molecule has 0 bridgehead atoms. The number of benzene rings is 2. The lowest BCUT2D eigenvalue weighted by molar-refractivity contribution is 0.0734. The lowest BCUT2D eigenvalue weighted by Gasteiger charge is -2.08. The molecule has 0 saturated heterocycles. The van der Waals surface area contributed by atoms with Gasteiger partial charge in [0.1, 0.15) is 11.6 Å². The van der Waals surface area contributed by atoms with E-state index in [4.69, 9.17) is 4.74 Å². The van der Waals surface area contributed by atoms with Crippen LogP contribution < -0.4 is 4.74 Å². The van der Waals surface area contributed by atoms with Crippen LogP contribution in [0, 0.1) is 5.82 Å². The molecule has 0 fully saturated rings. The Morgan fingerprint density at radius 1 is 0.692 bits per heavy atom. The maximum absolute atomic E-state index is 14.9. The van der Waals surface area contributed by atoms with E-state index in [2.05, 4.69) is 23.8 Å². The molecule has 0 atom stereocenters. The Morgan fingerprint density at radius 3 is 1.79 bits per heavy atom. The van der Waals surface area contributed by atoms with Crippen LogP contribution in [0.2, 0.25) is 0 Å². The van der Waals surface area contributed by atoms with Gasteiger partial charge in [0, 0.05) is 18.5 Å². The molecular weight excluding hydrogens is 487 g/mol. The first-order valence-corrected chi connectivity index (χ1v) is 15.0. The molecule has 0 aliphatic rings. The monoisotopic (exact) mass is 532 g/mol. The summed E-state index contributed by atoms with van der Waals surface area (Å²) in [4.78, 5) is 21.3. The highest BCUT2D eigenvalue weighted by atomic mass is 19.1. The molecule has 210 valence electrons. The lowest BCUT2D eigenvalue weighted by atomic mass is 10.0. The minimum absolute atomic E-state index is 0.160. The number of carbonyl (C=O) groups excluding carboxylic acids is 1. The van der Waals surface area contributed by atoms with E-state index in [-0.39, 0.29) is 11.3 Å². The molecule has 1 heterocycles. The number of esters is 1. The van der Waals surface area contributed by atoms with Gasteiger partial charge in [-0.25, -0.2) is 19.2 Å². The fraction of sp³-hybridized carbons (Fsp3) is 0.500. The van der Waals surface area contributed by atoms with Crippen molar-refractivity contribution in [1.82, 2.24) is 9.97 Å². The van der Waals surface area contributed by atoms with Gasteiger partial charge < -0.3 is 4.74 Å². The largest absolute Gasteiger partial charge is 0.423 e. The maximum atomic E-state index is 14.9. The molecule has 39 heavy (non-hydrogen) atoms. The van der Waals surface area contributed by atoms with E-state index >= 15 is 0 Å². The SMILES string of the molecule is CCCCCCCCCc1ccc(C(=O)Oc2ccc(-c3ncc(CCCCCCCC)cn3)c(F)c2)cc1. The van der Waals surface area contributed by atoms with Gasteiger partial charge in [-0.3, -0.25) is 0 Å². The standard InChI is InChI=1S/C34H45FN2O2/c1-3-5-7-9-11-13-14-16-27-18-20-29(21-19-27)34(38)39-30-22-23-31(32(35)24-30)33-36-25-28(26-37-33)17-15-12-10-8-6-4-2/h18-26H,3-17H2,1-2H3. The molecule has 5 heteroatoms. The molecule has 0 radical (unpaired) electrons. The average Bonchev–Trinajstić information content (AvgIpc) is 2.95. The fourth-order valence-corrected chi connectivity index (χ4v) is 4.73. The number of nitrogens with zero attached hydrogens (tertiary/aromatic N) is 2. The number of hydrogen-bond donors (Lipinski definition) is 0. The molecule has 1 aromatic heterocycles. The second kappa shape index (κ2) is 17.5. The predicted molar refractivity (Wildman–Crippen MR) is 158 cm³/mol. The summed E-state index contributed by atoms with van der Waals surface area (Å²) in [5, 5.41) is 0. The first-order valence-electron chi connectivity index (χ1n) is 15.0. The molecule has 2 aromatic carbocycles. The molecule has 0 saturated carbocycles. The molecule has 0 aliphatic carbocycles. The van der Waals surface area contributed by atoms with Crippen LogP contribution in [-0.4, -0.2) is 15.9 Å². The van der Waals surface area contributed by atoms with E-state index in [9.17, 15) is 9.18 Å².